The van der Waals surface area contributed by atoms with Crippen LogP contribution in [0.25, 0.3) is 6.08 Å². The van der Waals surface area contributed by atoms with Crippen LogP contribution < -0.4 is 10.1 Å². The van der Waals surface area contributed by atoms with Crippen LogP contribution in [0.5, 0.6) is 5.75 Å². The quantitative estimate of drug-likeness (QED) is 0.632. The molecule has 0 atom stereocenters. The Morgan fingerprint density at radius 1 is 1.25 bits per heavy atom. The fourth-order valence-corrected chi connectivity index (χ4v) is 2.56. The van der Waals surface area contributed by atoms with E-state index in [1.807, 2.05) is 6.07 Å². The molecule has 0 saturated carbocycles. The van der Waals surface area contributed by atoms with Crippen molar-refractivity contribution >= 4 is 40.9 Å². The van der Waals surface area contributed by atoms with Crippen LogP contribution in [-0.4, -0.2) is 13.0 Å². The number of amides is 1. The number of nitriles is 1. The molecule has 0 radical (unpaired) electrons. The predicted molar refractivity (Wildman–Crippen MR) is 91.6 cm³/mol. The molecule has 0 heterocycles. The largest absolute Gasteiger partial charge is 0.494 e. The van der Waals surface area contributed by atoms with Crippen molar-refractivity contribution in [2.45, 2.75) is 0 Å². The van der Waals surface area contributed by atoms with Crippen molar-refractivity contribution in [3.05, 3.63) is 63.4 Å². The lowest BCUT2D eigenvalue weighted by Gasteiger charge is -2.07. The van der Waals surface area contributed by atoms with Gasteiger partial charge in [-0.1, -0.05) is 23.2 Å². The van der Waals surface area contributed by atoms with E-state index in [9.17, 15) is 14.4 Å². The van der Waals surface area contributed by atoms with Crippen LogP contribution in [0, 0.1) is 17.1 Å². The molecule has 24 heavy (non-hydrogen) atoms. The SMILES string of the molecule is COc1c(Cl)cc(/C=C(\C#N)C(=O)Nc2ccc(F)cc2)cc1Cl. The Labute approximate surface area is 148 Å². The molecular formula is C17H11Cl2FN2O2. The molecule has 0 aliphatic rings. The van der Waals surface area contributed by atoms with Crippen LogP contribution in [0.1, 0.15) is 5.56 Å². The first-order valence-electron chi connectivity index (χ1n) is 6.66. The van der Waals surface area contributed by atoms with Gasteiger partial charge in [0.25, 0.3) is 5.91 Å². The fraction of sp³-hybridized carbons (Fsp3) is 0.0588. The summed E-state index contributed by atoms with van der Waals surface area (Å²) in [5.41, 5.74) is 0.682. The zero-order valence-electron chi connectivity index (χ0n) is 12.4. The minimum atomic E-state index is -0.632. The molecule has 2 aromatic rings. The third-order valence-electron chi connectivity index (χ3n) is 3.00. The van der Waals surface area contributed by atoms with Crippen LogP contribution in [0.2, 0.25) is 10.0 Å². The van der Waals surface area contributed by atoms with Gasteiger partial charge in [-0.25, -0.2) is 4.39 Å². The van der Waals surface area contributed by atoms with E-state index in [-0.39, 0.29) is 15.6 Å². The maximum atomic E-state index is 12.9. The number of hydrogen-bond acceptors (Lipinski definition) is 3. The third kappa shape index (κ3) is 4.25. The second-order valence-corrected chi connectivity index (χ2v) is 5.46. The molecule has 2 aromatic carbocycles. The highest BCUT2D eigenvalue weighted by molar-refractivity contribution is 6.37. The van der Waals surface area contributed by atoms with E-state index in [0.29, 0.717) is 17.0 Å². The number of methoxy groups -OCH3 is 1. The van der Waals surface area contributed by atoms with Gasteiger partial charge in [0.1, 0.15) is 17.5 Å². The van der Waals surface area contributed by atoms with Crippen LogP contribution in [-0.2, 0) is 4.79 Å². The number of carbonyl (C=O) groups is 1. The van der Waals surface area contributed by atoms with E-state index >= 15 is 0 Å². The van der Waals surface area contributed by atoms with Crippen molar-refractivity contribution in [1.82, 2.24) is 0 Å². The second-order valence-electron chi connectivity index (χ2n) is 4.65. The van der Waals surface area contributed by atoms with E-state index < -0.39 is 11.7 Å². The minimum absolute atomic E-state index is 0.156. The molecule has 1 N–H and O–H groups in total. The summed E-state index contributed by atoms with van der Waals surface area (Å²) in [6.45, 7) is 0. The lowest BCUT2D eigenvalue weighted by molar-refractivity contribution is -0.112. The van der Waals surface area contributed by atoms with Crippen molar-refractivity contribution in [2.24, 2.45) is 0 Å². The molecule has 1 amide bonds. The van der Waals surface area contributed by atoms with Gasteiger partial charge in [-0.15, -0.1) is 0 Å². The number of benzene rings is 2. The molecular weight excluding hydrogens is 354 g/mol. The van der Waals surface area contributed by atoms with E-state index in [2.05, 4.69) is 5.32 Å². The number of rotatable bonds is 4. The van der Waals surface area contributed by atoms with Gasteiger partial charge in [0.05, 0.1) is 17.2 Å². The number of anilines is 1. The normalized spacial score (nSPS) is 10.9. The van der Waals surface area contributed by atoms with Gasteiger partial charge < -0.3 is 10.1 Å². The Hall–Kier alpha value is -2.55. The van der Waals surface area contributed by atoms with Gasteiger partial charge in [-0.05, 0) is 48.0 Å². The lowest BCUT2D eigenvalue weighted by atomic mass is 10.1. The summed E-state index contributed by atoms with van der Waals surface area (Å²) in [5.74, 6) is -0.747. The van der Waals surface area contributed by atoms with Crippen molar-refractivity contribution in [1.29, 1.82) is 5.26 Å². The molecule has 2 rings (SSSR count). The molecule has 122 valence electrons. The monoisotopic (exact) mass is 364 g/mol. The maximum absolute atomic E-state index is 12.9. The molecule has 0 unspecified atom stereocenters. The third-order valence-corrected chi connectivity index (χ3v) is 3.56. The van der Waals surface area contributed by atoms with E-state index in [1.54, 1.807) is 0 Å². The molecule has 0 bridgehead atoms. The zero-order valence-corrected chi connectivity index (χ0v) is 14.0. The molecule has 4 nitrogen and oxygen atoms in total. The van der Waals surface area contributed by atoms with Gasteiger partial charge in [-0.2, -0.15) is 5.26 Å². The van der Waals surface area contributed by atoms with Crippen molar-refractivity contribution in [3.8, 4) is 11.8 Å². The van der Waals surface area contributed by atoms with Gasteiger partial charge in [0.15, 0.2) is 5.75 Å². The molecule has 0 aromatic heterocycles. The highest BCUT2D eigenvalue weighted by atomic mass is 35.5. The van der Waals surface area contributed by atoms with Crippen LogP contribution in [0.15, 0.2) is 42.0 Å². The number of nitrogens with zero attached hydrogens (tertiary/aromatic N) is 1. The Kier molecular flexibility index (Phi) is 5.80. The number of carbonyl (C=O) groups excluding carboxylic acids is 1. The highest BCUT2D eigenvalue weighted by Crippen LogP contribution is 2.34. The first-order chi connectivity index (χ1) is 11.4. The van der Waals surface area contributed by atoms with Gasteiger partial charge in [0.2, 0.25) is 0 Å². The molecule has 0 saturated heterocycles. The van der Waals surface area contributed by atoms with Crippen molar-refractivity contribution < 1.29 is 13.9 Å². The predicted octanol–water partition coefficient (Wildman–Crippen LogP) is 4.69. The average molecular weight is 365 g/mol. The van der Waals surface area contributed by atoms with Crippen molar-refractivity contribution in [3.63, 3.8) is 0 Å². The Balaban J connectivity index is 2.27. The summed E-state index contributed by atoms with van der Waals surface area (Å²) in [5, 5.41) is 12.2. The zero-order chi connectivity index (χ0) is 17.7. The summed E-state index contributed by atoms with van der Waals surface area (Å²) in [6.07, 6.45) is 1.34. The smallest absolute Gasteiger partial charge is 0.266 e. The standard InChI is InChI=1S/C17H11Cl2FN2O2/c1-24-16-14(18)7-10(8-15(16)19)6-11(9-21)17(23)22-13-4-2-12(20)3-5-13/h2-8H,1H3,(H,22,23)/b11-6+. The number of ether oxygens (including phenoxy) is 1. The summed E-state index contributed by atoms with van der Waals surface area (Å²) in [6, 6.07) is 10.0. The van der Waals surface area contributed by atoms with Gasteiger partial charge in [-0.3, -0.25) is 4.79 Å². The number of nitrogens with one attached hydrogen (secondary N) is 1. The summed E-state index contributed by atoms with van der Waals surface area (Å²) < 4.78 is 17.9. The lowest BCUT2D eigenvalue weighted by Crippen LogP contribution is -2.13. The Morgan fingerprint density at radius 2 is 1.83 bits per heavy atom. The molecule has 0 fully saturated rings. The summed E-state index contributed by atoms with van der Waals surface area (Å²) in [7, 11) is 1.43. The number of hydrogen-bond donors (Lipinski definition) is 1. The van der Waals surface area contributed by atoms with Crippen LogP contribution >= 0.6 is 23.2 Å². The van der Waals surface area contributed by atoms with E-state index in [4.69, 9.17) is 27.9 Å². The topological polar surface area (TPSA) is 62.1 Å². The van der Waals surface area contributed by atoms with Gasteiger partial charge >= 0.3 is 0 Å². The summed E-state index contributed by atoms with van der Waals surface area (Å²) >= 11 is 12.1. The molecule has 0 aliphatic carbocycles. The van der Waals surface area contributed by atoms with Crippen molar-refractivity contribution in [2.75, 3.05) is 12.4 Å². The van der Waals surface area contributed by atoms with Gasteiger partial charge in [0, 0.05) is 5.69 Å². The molecule has 7 heteroatoms. The molecule has 0 aliphatic heterocycles. The second kappa shape index (κ2) is 7.82. The minimum Gasteiger partial charge on any atom is -0.494 e. The highest BCUT2D eigenvalue weighted by Gasteiger charge is 2.12. The number of halogens is 3. The maximum Gasteiger partial charge on any atom is 0.266 e. The van der Waals surface area contributed by atoms with Crippen LogP contribution in [0.4, 0.5) is 10.1 Å². The van der Waals surface area contributed by atoms with Crippen LogP contribution in [0.3, 0.4) is 0 Å². The Bertz CT molecular complexity index is 820. The Morgan fingerprint density at radius 3 is 2.33 bits per heavy atom. The summed E-state index contributed by atoms with van der Waals surface area (Å²) in [4.78, 5) is 12.1. The fourth-order valence-electron chi connectivity index (χ4n) is 1.90. The molecule has 0 spiro atoms. The first-order valence-corrected chi connectivity index (χ1v) is 7.42. The van der Waals surface area contributed by atoms with E-state index in [0.717, 1.165) is 0 Å². The first kappa shape index (κ1) is 17.8. The average Bonchev–Trinajstić information content (AvgIpc) is 2.54. The van der Waals surface area contributed by atoms with E-state index in [1.165, 1.54) is 49.6 Å².